The molecule has 218 valence electrons. The maximum Gasteiger partial charge on any atom is 0.416 e. The smallest absolute Gasteiger partial charge is 0.396 e. The minimum absolute atomic E-state index is 0.0202. The number of halogens is 3. The fourth-order valence-corrected chi connectivity index (χ4v) is 6.29. The Bertz CT molecular complexity index is 1870. The molecule has 0 atom stereocenters. The van der Waals surface area contributed by atoms with Crippen molar-refractivity contribution in [2.75, 3.05) is 26.2 Å². The Labute approximate surface area is 237 Å². The van der Waals surface area contributed by atoms with E-state index in [1.54, 1.807) is 44.9 Å². The summed E-state index contributed by atoms with van der Waals surface area (Å²) in [4.78, 5) is 34.2. The Hall–Kier alpha value is -4.52. The van der Waals surface area contributed by atoms with Crippen LogP contribution in [0.15, 0.2) is 53.7 Å². The highest BCUT2D eigenvalue weighted by molar-refractivity contribution is 6.00. The number of nitrogens with zero attached hydrogens (tertiary/aromatic N) is 5. The second-order valence-corrected chi connectivity index (χ2v) is 11.0. The van der Waals surface area contributed by atoms with Gasteiger partial charge in [0.05, 0.1) is 34.2 Å². The highest BCUT2D eigenvalue weighted by Crippen LogP contribution is 2.41. The molecular weight excluding hydrogens is 551 g/mol. The average molecular weight is 580 g/mol. The molecule has 2 aliphatic heterocycles. The quantitative estimate of drug-likeness (QED) is 0.296. The summed E-state index contributed by atoms with van der Waals surface area (Å²) in [6.07, 6.45) is 1.86. The number of aliphatic hydroxyl groups excluding tert-OH is 1. The zero-order valence-corrected chi connectivity index (χ0v) is 22.5. The molecule has 1 saturated heterocycles. The number of hydrogen-bond acceptors (Lipinski definition) is 4. The van der Waals surface area contributed by atoms with Gasteiger partial charge in [-0.15, -0.1) is 0 Å². The molecule has 2 amide bonds. The zero-order valence-electron chi connectivity index (χ0n) is 22.5. The topological polar surface area (TPSA) is 115 Å². The van der Waals surface area contributed by atoms with Gasteiger partial charge in [-0.05, 0) is 48.6 Å². The van der Waals surface area contributed by atoms with Crippen molar-refractivity contribution in [2.45, 2.75) is 32.1 Å². The first-order valence-corrected chi connectivity index (χ1v) is 13.8. The lowest BCUT2D eigenvalue weighted by atomic mass is 9.98. The number of amides is 2. The maximum atomic E-state index is 14.2. The molecule has 13 heteroatoms. The van der Waals surface area contributed by atoms with Crippen LogP contribution in [0.2, 0.25) is 0 Å². The lowest BCUT2D eigenvalue weighted by Gasteiger charge is -2.35. The van der Waals surface area contributed by atoms with Gasteiger partial charge in [-0.1, -0.05) is 6.07 Å². The van der Waals surface area contributed by atoms with E-state index in [0.717, 1.165) is 12.1 Å². The number of pyridine rings is 1. The number of urea groups is 1. The van der Waals surface area contributed by atoms with Crippen molar-refractivity contribution in [3.05, 3.63) is 70.4 Å². The van der Waals surface area contributed by atoms with Crippen LogP contribution in [0.1, 0.15) is 24.0 Å². The summed E-state index contributed by atoms with van der Waals surface area (Å²) in [6.45, 7) is 1.78. The van der Waals surface area contributed by atoms with Gasteiger partial charge in [-0.3, -0.25) is 19.4 Å². The summed E-state index contributed by atoms with van der Waals surface area (Å²) in [5, 5.41) is 15.3. The van der Waals surface area contributed by atoms with Crippen molar-refractivity contribution >= 4 is 22.6 Å². The number of imidazole rings is 1. The number of H-pyrrole nitrogens is 2. The zero-order chi connectivity index (χ0) is 29.2. The van der Waals surface area contributed by atoms with Gasteiger partial charge in [0.2, 0.25) is 0 Å². The van der Waals surface area contributed by atoms with Crippen LogP contribution in [0.4, 0.5) is 18.0 Å². The van der Waals surface area contributed by atoms with Crippen LogP contribution >= 0.6 is 0 Å². The molecule has 0 saturated carbocycles. The monoisotopic (exact) mass is 579 g/mol. The Kier molecular flexibility index (Phi) is 6.15. The van der Waals surface area contributed by atoms with Crippen molar-refractivity contribution in [3.8, 4) is 22.5 Å². The van der Waals surface area contributed by atoms with E-state index in [1.165, 1.54) is 0 Å². The number of aliphatic hydroxyl groups is 1. The molecule has 1 fully saturated rings. The predicted octanol–water partition coefficient (Wildman–Crippen LogP) is 4.30. The Morgan fingerprint density at radius 3 is 2.64 bits per heavy atom. The summed E-state index contributed by atoms with van der Waals surface area (Å²) in [6, 6.07) is 7.45. The third kappa shape index (κ3) is 4.26. The minimum atomic E-state index is -4.62. The Balaban J connectivity index is 1.34. The first-order valence-electron chi connectivity index (χ1n) is 13.8. The molecule has 1 aromatic carbocycles. The number of hydrogen-bond donors (Lipinski definition) is 3. The Morgan fingerprint density at radius 2 is 1.88 bits per heavy atom. The molecule has 10 nitrogen and oxygen atoms in total. The summed E-state index contributed by atoms with van der Waals surface area (Å²) < 4.78 is 46.2. The van der Waals surface area contributed by atoms with Gasteiger partial charge < -0.3 is 19.5 Å². The lowest BCUT2D eigenvalue weighted by Crippen LogP contribution is -2.47. The molecule has 3 N–H and O–H groups in total. The van der Waals surface area contributed by atoms with Gasteiger partial charge >= 0.3 is 12.2 Å². The normalized spacial score (nSPS) is 16.5. The highest BCUT2D eigenvalue weighted by Gasteiger charge is 2.35. The van der Waals surface area contributed by atoms with Crippen LogP contribution in [0.5, 0.6) is 0 Å². The third-order valence-corrected chi connectivity index (χ3v) is 8.48. The van der Waals surface area contributed by atoms with Crippen LogP contribution < -0.4 is 5.56 Å². The summed E-state index contributed by atoms with van der Waals surface area (Å²) in [7, 11) is 0. The van der Waals surface area contributed by atoms with Gasteiger partial charge in [0, 0.05) is 62.7 Å². The standard InChI is InChI=1S/C29H28F3N7O3/c30-29(31,32)19-11-18-14-38(28(42)36-7-4-17(16-40)5-8-36)10-9-37-15-21(20(12-19)26(18)37)25-24(27(41)35-34-25)22-13-33-23-3-1-2-6-39(22)23/h1-3,6,11-13,15,17,40H,4-5,7-10,14,16H2,(H2,34,35,41). The number of aromatic nitrogens is 5. The number of piperidine rings is 1. The van der Waals surface area contributed by atoms with E-state index in [1.807, 2.05) is 10.6 Å². The number of rotatable bonds is 3. The van der Waals surface area contributed by atoms with Crippen molar-refractivity contribution in [1.29, 1.82) is 0 Å². The molecule has 0 spiro atoms. The van der Waals surface area contributed by atoms with Gasteiger partial charge in [0.1, 0.15) is 5.65 Å². The number of likely N-dealkylation sites (tertiary alicyclic amines) is 1. The summed E-state index contributed by atoms with van der Waals surface area (Å²) in [5.41, 5.74) is 1.95. The van der Waals surface area contributed by atoms with Gasteiger partial charge in [0.25, 0.3) is 5.56 Å². The van der Waals surface area contributed by atoms with E-state index in [-0.39, 0.29) is 30.7 Å². The first kappa shape index (κ1) is 26.4. The van der Waals surface area contributed by atoms with Crippen molar-refractivity contribution < 1.29 is 23.1 Å². The molecule has 0 unspecified atom stereocenters. The number of benzene rings is 1. The highest BCUT2D eigenvalue weighted by atomic mass is 19.4. The minimum Gasteiger partial charge on any atom is -0.396 e. The molecular formula is C29H28F3N7O3. The number of nitrogens with one attached hydrogen (secondary N) is 2. The molecule has 5 aromatic rings. The van der Waals surface area contributed by atoms with Gasteiger partial charge in [0.15, 0.2) is 0 Å². The summed E-state index contributed by atoms with van der Waals surface area (Å²) >= 11 is 0. The first-order chi connectivity index (χ1) is 20.2. The maximum absolute atomic E-state index is 14.2. The fourth-order valence-electron chi connectivity index (χ4n) is 6.29. The van der Waals surface area contributed by atoms with E-state index in [2.05, 4.69) is 15.2 Å². The number of aromatic amines is 2. The van der Waals surface area contributed by atoms with Crippen molar-refractivity contribution in [1.82, 2.24) is 33.9 Å². The van der Waals surface area contributed by atoms with E-state index in [0.29, 0.717) is 78.1 Å². The second-order valence-electron chi connectivity index (χ2n) is 11.0. The van der Waals surface area contributed by atoms with E-state index >= 15 is 0 Å². The van der Waals surface area contributed by atoms with Gasteiger partial charge in [-0.25, -0.2) is 9.78 Å². The summed E-state index contributed by atoms with van der Waals surface area (Å²) in [5.74, 6) is 0.158. The van der Waals surface area contributed by atoms with Crippen molar-refractivity contribution in [2.24, 2.45) is 5.92 Å². The number of alkyl halides is 3. The van der Waals surface area contributed by atoms with E-state index in [4.69, 9.17) is 0 Å². The lowest BCUT2D eigenvalue weighted by molar-refractivity contribution is -0.137. The fraction of sp³-hybridized carbons (Fsp3) is 0.345. The molecule has 0 bridgehead atoms. The molecule has 6 heterocycles. The molecule has 2 aliphatic rings. The molecule has 0 radical (unpaired) electrons. The second kappa shape index (κ2) is 9.79. The molecule has 0 aliphatic carbocycles. The van der Waals surface area contributed by atoms with Crippen LogP contribution in [-0.4, -0.2) is 71.3 Å². The SMILES string of the molecule is O=C(N1CCC(CO)CC1)N1CCn2cc(-c3[nH][nH]c(=O)c3-c3cnc4ccccn34)c3cc(C(F)(F)F)cc(c32)C1. The third-order valence-electron chi connectivity index (χ3n) is 8.48. The molecule has 7 rings (SSSR count). The van der Waals surface area contributed by atoms with Gasteiger partial charge in [-0.2, -0.15) is 13.2 Å². The van der Waals surface area contributed by atoms with Crippen molar-refractivity contribution in [3.63, 3.8) is 0 Å². The largest absolute Gasteiger partial charge is 0.416 e. The van der Waals surface area contributed by atoms with Crippen LogP contribution in [0.3, 0.4) is 0 Å². The Morgan fingerprint density at radius 1 is 1.07 bits per heavy atom. The van der Waals surface area contributed by atoms with E-state index in [9.17, 15) is 27.9 Å². The number of carbonyl (C=O) groups is 1. The number of carbonyl (C=O) groups excluding carboxylic acids is 1. The van der Waals surface area contributed by atoms with E-state index < -0.39 is 17.3 Å². The molecule has 4 aromatic heterocycles. The van der Waals surface area contributed by atoms with Crippen LogP contribution in [-0.2, 0) is 19.3 Å². The van der Waals surface area contributed by atoms with Crippen LogP contribution in [0.25, 0.3) is 39.1 Å². The predicted molar refractivity (Wildman–Crippen MR) is 149 cm³/mol. The van der Waals surface area contributed by atoms with Crippen LogP contribution in [0, 0.1) is 5.92 Å². The average Bonchev–Trinajstić information content (AvgIpc) is 3.65. The molecule has 42 heavy (non-hydrogen) atoms. The number of fused-ring (bicyclic) bond motifs is 1.